The van der Waals surface area contributed by atoms with Crippen LogP contribution in [0.1, 0.15) is 52.4 Å². The first-order valence-electron chi connectivity index (χ1n) is 6.47. The molecule has 0 amide bonds. The van der Waals surface area contributed by atoms with Gasteiger partial charge in [-0.3, -0.25) is 4.79 Å². The number of ketones is 1. The molecule has 18 heavy (non-hydrogen) atoms. The summed E-state index contributed by atoms with van der Waals surface area (Å²) in [6, 6.07) is 0.204. The molecule has 1 aromatic heterocycles. The topological polar surface area (TPSA) is 57.0 Å². The summed E-state index contributed by atoms with van der Waals surface area (Å²) in [6.07, 6.45) is 3.12. The Labute approximate surface area is 109 Å². The molecule has 0 atom stereocenters. The van der Waals surface area contributed by atoms with Crippen LogP contribution in [-0.4, -0.2) is 33.3 Å². The molecule has 0 saturated heterocycles. The van der Waals surface area contributed by atoms with Gasteiger partial charge in [-0.05, 0) is 26.7 Å². The minimum atomic E-state index is -0.687. The highest BCUT2D eigenvalue weighted by Gasteiger charge is 2.35. The lowest BCUT2D eigenvalue weighted by molar-refractivity contribution is -0.141. The minimum Gasteiger partial charge on any atom is -0.370 e. The van der Waals surface area contributed by atoms with Crippen molar-refractivity contribution < 1.29 is 9.53 Å². The van der Waals surface area contributed by atoms with E-state index < -0.39 is 5.60 Å². The molecule has 0 aromatic carbocycles. The number of carbonyl (C=O) groups is 1. The maximum absolute atomic E-state index is 12.4. The van der Waals surface area contributed by atoms with Crippen molar-refractivity contribution in [3.8, 4) is 0 Å². The number of rotatable bonds is 7. The fraction of sp³-hybridized carbons (Fsp3) is 0.769. The lowest BCUT2D eigenvalue weighted by atomic mass is 9.90. The van der Waals surface area contributed by atoms with Crippen molar-refractivity contribution in [2.24, 2.45) is 0 Å². The maximum atomic E-state index is 12.4. The Morgan fingerprint density at radius 1 is 1.44 bits per heavy atom. The number of Topliss-reactive ketones (excluding diaryl/α,β-unsaturated/α-hetero) is 1. The molecule has 1 aromatic rings. The quantitative estimate of drug-likeness (QED) is 0.747. The molecule has 0 aliphatic carbocycles. The van der Waals surface area contributed by atoms with E-state index in [9.17, 15) is 4.79 Å². The second-order valence-corrected chi connectivity index (χ2v) is 4.72. The van der Waals surface area contributed by atoms with Crippen molar-refractivity contribution in [1.82, 2.24) is 14.8 Å². The maximum Gasteiger partial charge on any atom is 0.172 e. The van der Waals surface area contributed by atoms with Gasteiger partial charge >= 0.3 is 0 Å². The Kier molecular flexibility index (Phi) is 5.02. The van der Waals surface area contributed by atoms with Gasteiger partial charge in [-0.1, -0.05) is 13.8 Å². The second kappa shape index (κ2) is 6.09. The molecule has 0 unspecified atom stereocenters. The van der Waals surface area contributed by atoms with Crippen LogP contribution < -0.4 is 0 Å². The number of hydrogen-bond acceptors (Lipinski definition) is 4. The molecule has 0 spiro atoms. The predicted octanol–water partition coefficient (Wildman–Crippen LogP) is 2.18. The van der Waals surface area contributed by atoms with E-state index in [2.05, 4.69) is 10.1 Å². The zero-order valence-electron chi connectivity index (χ0n) is 11.9. The highest BCUT2D eigenvalue weighted by atomic mass is 16.5. The minimum absolute atomic E-state index is 0.0740. The average molecular weight is 253 g/mol. The van der Waals surface area contributed by atoms with Gasteiger partial charge in [-0.25, -0.2) is 9.67 Å². The molecule has 0 N–H and O–H groups in total. The van der Waals surface area contributed by atoms with Gasteiger partial charge in [-0.15, -0.1) is 0 Å². The molecule has 0 saturated carbocycles. The predicted molar refractivity (Wildman–Crippen MR) is 69.4 cm³/mol. The van der Waals surface area contributed by atoms with Gasteiger partial charge in [0.15, 0.2) is 5.78 Å². The van der Waals surface area contributed by atoms with Gasteiger partial charge in [0.05, 0.1) is 6.42 Å². The number of methoxy groups -OCH3 is 1. The zero-order chi connectivity index (χ0) is 13.8. The number of nitrogens with zero attached hydrogens (tertiary/aromatic N) is 3. The van der Waals surface area contributed by atoms with Gasteiger partial charge in [0.2, 0.25) is 0 Å². The van der Waals surface area contributed by atoms with Crippen molar-refractivity contribution in [2.45, 2.75) is 58.6 Å². The molecule has 0 radical (unpaired) electrons. The van der Waals surface area contributed by atoms with Gasteiger partial charge in [-0.2, -0.15) is 5.10 Å². The third kappa shape index (κ3) is 2.77. The highest BCUT2D eigenvalue weighted by Crippen LogP contribution is 2.22. The summed E-state index contributed by atoms with van der Waals surface area (Å²) in [5.41, 5.74) is -0.687. The lowest BCUT2D eigenvalue weighted by Gasteiger charge is -2.28. The van der Waals surface area contributed by atoms with E-state index in [4.69, 9.17) is 4.74 Å². The average Bonchev–Trinajstić information content (AvgIpc) is 2.80. The van der Waals surface area contributed by atoms with Crippen LogP contribution in [0.25, 0.3) is 0 Å². The van der Waals surface area contributed by atoms with Crippen LogP contribution in [0.15, 0.2) is 6.33 Å². The van der Waals surface area contributed by atoms with Crippen LogP contribution in [0.2, 0.25) is 0 Å². The molecule has 102 valence electrons. The Bertz CT molecular complexity index is 386. The molecule has 0 aliphatic heterocycles. The summed E-state index contributed by atoms with van der Waals surface area (Å²) in [5.74, 6) is 0.781. The van der Waals surface area contributed by atoms with Gasteiger partial charge in [0.25, 0.3) is 0 Å². The van der Waals surface area contributed by atoms with E-state index in [1.54, 1.807) is 11.8 Å². The van der Waals surface area contributed by atoms with Crippen LogP contribution in [0.5, 0.6) is 0 Å². The van der Waals surface area contributed by atoms with E-state index >= 15 is 0 Å². The number of ether oxygens (including phenoxy) is 1. The van der Waals surface area contributed by atoms with Gasteiger partial charge < -0.3 is 4.74 Å². The van der Waals surface area contributed by atoms with E-state index in [1.165, 1.54) is 6.33 Å². The molecule has 0 bridgehead atoms. The summed E-state index contributed by atoms with van der Waals surface area (Å²) in [5, 5.41) is 4.14. The fourth-order valence-corrected chi connectivity index (χ4v) is 2.18. The zero-order valence-corrected chi connectivity index (χ0v) is 11.9. The molecule has 0 aliphatic rings. The van der Waals surface area contributed by atoms with Crippen molar-refractivity contribution in [1.29, 1.82) is 0 Å². The smallest absolute Gasteiger partial charge is 0.172 e. The van der Waals surface area contributed by atoms with Crippen LogP contribution in [0, 0.1) is 0 Å². The van der Waals surface area contributed by atoms with Gasteiger partial charge in [0, 0.05) is 13.2 Å². The first-order chi connectivity index (χ1) is 8.50. The summed E-state index contributed by atoms with van der Waals surface area (Å²) in [6.45, 7) is 7.98. The lowest BCUT2D eigenvalue weighted by Crippen LogP contribution is -2.41. The van der Waals surface area contributed by atoms with Crippen molar-refractivity contribution >= 4 is 5.78 Å². The van der Waals surface area contributed by atoms with Crippen molar-refractivity contribution in [2.75, 3.05) is 7.11 Å². The van der Waals surface area contributed by atoms with Gasteiger partial charge in [0.1, 0.15) is 17.8 Å². The SMILES string of the molecule is CCC(CC)(OC)C(=O)Cc1ncnn1C(C)C. The normalized spacial score (nSPS) is 12.1. The molecule has 1 rings (SSSR count). The molecule has 5 heteroatoms. The largest absolute Gasteiger partial charge is 0.370 e. The van der Waals surface area contributed by atoms with E-state index in [0.29, 0.717) is 18.7 Å². The molecule has 0 fully saturated rings. The first-order valence-corrected chi connectivity index (χ1v) is 6.47. The molecular weight excluding hydrogens is 230 g/mol. The van der Waals surface area contributed by atoms with E-state index in [0.717, 1.165) is 0 Å². The number of hydrogen-bond donors (Lipinski definition) is 0. The summed E-state index contributed by atoms with van der Waals surface area (Å²) < 4.78 is 7.22. The standard InChI is InChI=1S/C13H23N3O2/c1-6-13(7-2,18-5)11(17)8-12-14-9-15-16(12)10(3)4/h9-10H,6-8H2,1-5H3. The number of aromatic nitrogens is 3. The van der Waals surface area contributed by atoms with Crippen molar-refractivity contribution in [3.63, 3.8) is 0 Å². The summed E-state index contributed by atoms with van der Waals surface area (Å²) in [7, 11) is 1.60. The summed E-state index contributed by atoms with van der Waals surface area (Å²) >= 11 is 0. The van der Waals surface area contributed by atoms with Crippen molar-refractivity contribution in [3.05, 3.63) is 12.2 Å². The third-order valence-corrected chi connectivity index (χ3v) is 3.50. The van der Waals surface area contributed by atoms with E-state index in [1.807, 2.05) is 27.7 Å². The van der Waals surface area contributed by atoms with E-state index in [-0.39, 0.29) is 18.2 Å². The molecule has 1 heterocycles. The summed E-state index contributed by atoms with van der Waals surface area (Å²) in [4.78, 5) is 16.6. The number of carbonyl (C=O) groups excluding carboxylic acids is 1. The monoisotopic (exact) mass is 253 g/mol. The molecular formula is C13H23N3O2. The Hall–Kier alpha value is -1.23. The van der Waals surface area contributed by atoms with Crippen LogP contribution in [0.4, 0.5) is 0 Å². The van der Waals surface area contributed by atoms with Crippen LogP contribution in [-0.2, 0) is 16.0 Å². The third-order valence-electron chi connectivity index (χ3n) is 3.50. The van der Waals surface area contributed by atoms with Crippen LogP contribution >= 0.6 is 0 Å². The molecule has 5 nitrogen and oxygen atoms in total. The Morgan fingerprint density at radius 2 is 2.06 bits per heavy atom. The Balaban J connectivity index is 2.90. The first kappa shape index (κ1) is 14.8. The second-order valence-electron chi connectivity index (χ2n) is 4.72. The fourth-order valence-electron chi connectivity index (χ4n) is 2.18. The van der Waals surface area contributed by atoms with Crippen LogP contribution in [0.3, 0.4) is 0 Å². The highest BCUT2D eigenvalue weighted by molar-refractivity contribution is 5.88. The Morgan fingerprint density at radius 3 is 2.50 bits per heavy atom.